The molecule has 8 nitrogen and oxygen atoms in total. The predicted molar refractivity (Wildman–Crippen MR) is 136 cm³/mol. The van der Waals surface area contributed by atoms with E-state index in [0.717, 1.165) is 34.8 Å². The van der Waals surface area contributed by atoms with Gasteiger partial charge >= 0.3 is 5.97 Å². The largest absolute Gasteiger partial charge is 0.468 e. The molecule has 3 aromatic rings. The summed E-state index contributed by atoms with van der Waals surface area (Å²) in [6, 6.07) is 19.1. The van der Waals surface area contributed by atoms with Gasteiger partial charge in [0.1, 0.15) is 6.54 Å². The van der Waals surface area contributed by atoms with Crippen molar-refractivity contribution in [1.82, 2.24) is 5.32 Å². The lowest BCUT2D eigenvalue weighted by Crippen LogP contribution is -2.35. The van der Waals surface area contributed by atoms with Gasteiger partial charge in [0, 0.05) is 24.3 Å². The molecule has 0 unspecified atom stereocenters. The van der Waals surface area contributed by atoms with E-state index >= 15 is 0 Å². The minimum Gasteiger partial charge on any atom is -0.468 e. The molecule has 9 heteroatoms. The zero-order chi connectivity index (χ0) is 24.6. The smallest absolute Gasteiger partial charge is 0.325 e. The number of thiophene rings is 1. The van der Waals surface area contributed by atoms with Crippen LogP contribution < -0.4 is 15.5 Å². The van der Waals surface area contributed by atoms with E-state index in [1.165, 1.54) is 18.4 Å². The van der Waals surface area contributed by atoms with E-state index in [2.05, 4.69) is 20.3 Å². The summed E-state index contributed by atoms with van der Waals surface area (Å²) in [4.78, 5) is 39.1. The second kappa shape index (κ2) is 11.6. The Kier molecular flexibility index (Phi) is 8.12. The highest BCUT2D eigenvalue weighted by Gasteiger charge is 2.22. The van der Waals surface area contributed by atoms with Crippen LogP contribution in [0.25, 0.3) is 11.1 Å². The van der Waals surface area contributed by atoms with Crippen molar-refractivity contribution in [2.75, 3.05) is 50.2 Å². The summed E-state index contributed by atoms with van der Waals surface area (Å²) < 4.78 is 10.0. The molecular formula is C26H27N3O5S. The van der Waals surface area contributed by atoms with Crippen LogP contribution in [0.15, 0.2) is 60.7 Å². The number of anilines is 2. The Morgan fingerprint density at radius 1 is 1.03 bits per heavy atom. The molecule has 1 aliphatic rings. The van der Waals surface area contributed by atoms with Crippen molar-refractivity contribution in [3.8, 4) is 11.1 Å². The predicted octanol–water partition coefficient (Wildman–Crippen LogP) is 3.34. The van der Waals surface area contributed by atoms with Crippen LogP contribution in [-0.2, 0) is 25.5 Å². The molecule has 182 valence electrons. The molecule has 0 atom stereocenters. The Morgan fingerprint density at radius 2 is 1.74 bits per heavy atom. The molecule has 2 aromatic carbocycles. The highest BCUT2D eigenvalue weighted by molar-refractivity contribution is 7.18. The molecule has 0 aliphatic carbocycles. The van der Waals surface area contributed by atoms with Gasteiger partial charge in [-0.2, -0.15) is 0 Å². The van der Waals surface area contributed by atoms with Gasteiger partial charge in [-0.1, -0.05) is 42.5 Å². The minimum absolute atomic E-state index is 0.124. The first-order valence-electron chi connectivity index (χ1n) is 11.3. The number of amides is 2. The monoisotopic (exact) mass is 493 g/mol. The minimum atomic E-state index is -0.503. The van der Waals surface area contributed by atoms with Crippen molar-refractivity contribution in [1.29, 1.82) is 0 Å². The number of carbonyl (C=O) groups excluding carboxylic acids is 3. The van der Waals surface area contributed by atoms with Crippen LogP contribution in [0.4, 0.5) is 10.7 Å². The molecule has 4 rings (SSSR count). The van der Waals surface area contributed by atoms with Gasteiger partial charge in [-0.3, -0.25) is 14.4 Å². The maximum atomic E-state index is 13.1. The lowest BCUT2D eigenvalue weighted by Gasteiger charge is -2.28. The number of hydrogen-bond donors (Lipinski definition) is 2. The number of benzene rings is 2. The van der Waals surface area contributed by atoms with E-state index in [9.17, 15) is 14.4 Å². The highest BCUT2D eigenvalue weighted by atomic mass is 32.1. The third-order valence-corrected chi connectivity index (χ3v) is 6.75. The Hall–Kier alpha value is -3.69. The van der Waals surface area contributed by atoms with Gasteiger partial charge < -0.3 is 25.0 Å². The Morgan fingerprint density at radius 3 is 2.43 bits per heavy atom. The molecule has 2 N–H and O–H groups in total. The van der Waals surface area contributed by atoms with Gasteiger partial charge in [-0.15, -0.1) is 11.3 Å². The second-order valence-corrected chi connectivity index (χ2v) is 9.01. The first-order chi connectivity index (χ1) is 17.0. The molecule has 2 heterocycles. The first-order valence-corrected chi connectivity index (χ1v) is 12.1. The highest BCUT2D eigenvalue weighted by Crippen LogP contribution is 2.39. The number of nitrogens with one attached hydrogen (secondary N) is 2. The maximum Gasteiger partial charge on any atom is 0.325 e. The van der Waals surface area contributed by atoms with Crippen LogP contribution in [0.5, 0.6) is 0 Å². The summed E-state index contributed by atoms with van der Waals surface area (Å²) in [7, 11) is 1.27. The van der Waals surface area contributed by atoms with E-state index in [0.29, 0.717) is 23.8 Å². The fourth-order valence-corrected chi connectivity index (χ4v) is 4.84. The van der Waals surface area contributed by atoms with Crippen molar-refractivity contribution in [3.63, 3.8) is 0 Å². The molecule has 1 fully saturated rings. The number of ether oxygens (including phenoxy) is 2. The van der Waals surface area contributed by atoms with Crippen LogP contribution in [-0.4, -0.2) is 57.7 Å². The summed E-state index contributed by atoms with van der Waals surface area (Å²) in [5, 5.41) is 6.52. The van der Waals surface area contributed by atoms with Crippen LogP contribution in [0, 0.1) is 0 Å². The molecule has 35 heavy (non-hydrogen) atoms. The number of rotatable bonds is 8. The Bertz CT molecular complexity index is 1170. The van der Waals surface area contributed by atoms with Crippen LogP contribution >= 0.6 is 11.3 Å². The number of esters is 1. The zero-order valence-electron chi connectivity index (χ0n) is 19.4. The summed E-state index contributed by atoms with van der Waals surface area (Å²) >= 11 is 1.48. The Labute approximate surface area is 207 Å². The standard InChI is InChI=1S/C26H27N3O5S/c1-33-24(31)17-27-23(30)15-18-7-9-20(10-8-18)28-25(32)22-16-21(19-5-3-2-4-6-19)26(35-22)29-11-13-34-14-12-29/h2-10,16H,11-15,17H2,1H3,(H,27,30)(H,28,32). The number of methoxy groups -OCH3 is 1. The molecule has 1 aromatic heterocycles. The SMILES string of the molecule is COC(=O)CNC(=O)Cc1ccc(NC(=O)c2cc(-c3ccccc3)c(N3CCOCC3)s2)cc1. The molecule has 2 amide bonds. The molecule has 1 aliphatic heterocycles. The molecule has 0 bridgehead atoms. The van der Waals surface area contributed by atoms with Gasteiger partial charge in [0.2, 0.25) is 5.91 Å². The number of carbonyl (C=O) groups is 3. The second-order valence-electron chi connectivity index (χ2n) is 7.98. The summed E-state index contributed by atoms with van der Waals surface area (Å²) in [6.45, 7) is 2.75. The van der Waals surface area contributed by atoms with E-state index in [-0.39, 0.29) is 24.8 Å². The van der Waals surface area contributed by atoms with Crippen molar-refractivity contribution < 1.29 is 23.9 Å². The van der Waals surface area contributed by atoms with Gasteiger partial charge in [0.25, 0.3) is 5.91 Å². The summed E-state index contributed by atoms with van der Waals surface area (Å²) in [5.41, 5.74) is 3.51. The van der Waals surface area contributed by atoms with Crippen LogP contribution in [0.1, 0.15) is 15.2 Å². The van der Waals surface area contributed by atoms with E-state index in [4.69, 9.17) is 4.74 Å². The van der Waals surface area contributed by atoms with Gasteiger partial charge in [-0.05, 0) is 29.3 Å². The normalized spacial score (nSPS) is 13.2. The van der Waals surface area contributed by atoms with E-state index < -0.39 is 5.97 Å². The van der Waals surface area contributed by atoms with Gasteiger partial charge in [-0.25, -0.2) is 0 Å². The average molecular weight is 494 g/mol. The quantitative estimate of drug-likeness (QED) is 0.467. The topological polar surface area (TPSA) is 97.0 Å². The maximum absolute atomic E-state index is 13.1. The lowest BCUT2D eigenvalue weighted by atomic mass is 10.1. The fraction of sp³-hybridized carbons (Fsp3) is 0.269. The van der Waals surface area contributed by atoms with Crippen molar-refractivity contribution in [3.05, 3.63) is 71.1 Å². The average Bonchev–Trinajstić information content (AvgIpc) is 3.35. The van der Waals surface area contributed by atoms with Crippen molar-refractivity contribution in [2.24, 2.45) is 0 Å². The zero-order valence-corrected chi connectivity index (χ0v) is 20.2. The molecule has 0 saturated carbocycles. The van der Waals surface area contributed by atoms with Crippen LogP contribution in [0.2, 0.25) is 0 Å². The molecule has 0 radical (unpaired) electrons. The van der Waals surface area contributed by atoms with Crippen molar-refractivity contribution in [2.45, 2.75) is 6.42 Å². The summed E-state index contributed by atoms with van der Waals surface area (Å²) in [6.07, 6.45) is 0.124. The molecule has 1 saturated heterocycles. The number of nitrogens with zero attached hydrogens (tertiary/aromatic N) is 1. The van der Waals surface area contributed by atoms with Crippen LogP contribution in [0.3, 0.4) is 0 Å². The molecular weight excluding hydrogens is 466 g/mol. The summed E-state index contributed by atoms with van der Waals surface area (Å²) in [5.74, 6) is -0.970. The van der Waals surface area contributed by atoms with Gasteiger partial charge in [0.15, 0.2) is 0 Å². The fourth-order valence-electron chi connectivity index (χ4n) is 3.71. The number of hydrogen-bond acceptors (Lipinski definition) is 7. The Balaban J connectivity index is 1.44. The first kappa shape index (κ1) is 24.4. The molecule has 0 spiro atoms. The van der Waals surface area contributed by atoms with Crippen molar-refractivity contribution >= 4 is 39.8 Å². The third-order valence-electron chi connectivity index (χ3n) is 5.55. The number of morpholine rings is 1. The lowest BCUT2D eigenvalue weighted by molar-refractivity contribution is -0.141. The van der Waals surface area contributed by atoms with E-state index in [1.54, 1.807) is 24.3 Å². The third kappa shape index (κ3) is 6.46. The van der Waals surface area contributed by atoms with Gasteiger partial charge in [0.05, 0.1) is 36.6 Å². The van der Waals surface area contributed by atoms with E-state index in [1.807, 2.05) is 36.4 Å².